The number of carbonyl (C=O) groups is 3. The minimum absolute atomic E-state index is 0.137. The molecule has 0 aliphatic carbocycles. The third-order valence-corrected chi connectivity index (χ3v) is 7.77. The fourth-order valence-electron chi connectivity index (χ4n) is 4.34. The van der Waals surface area contributed by atoms with Gasteiger partial charge in [-0.2, -0.15) is 13.2 Å². The number of halogens is 3. The monoisotopic (exact) mass is 595 g/mol. The van der Waals surface area contributed by atoms with Crippen molar-refractivity contribution in [1.29, 1.82) is 0 Å². The first kappa shape index (κ1) is 31.6. The Morgan fingerprint density at radius 1 is 1.15 bits per heavy atom. The second kappa shape index (κ2) is 13.7. The fourth-order valence-corrected chi connectivity index (χ4v) is 5.89. The Morgan fingerprint density at radius 2 is 1.80 bits per heavy atom. The number of carbonyl (C=O) groups excluding carboxylic acids is 2. The number of benzene rings is 2. The molecule has 14 heteroatoms. The van der Waals surface area contributed by atoms with Gasteiger partial charge in [-0.1, -0.05) is 29.4 Å². The first-order valence-electron chi connectivity index (χ1n) is 12.3. The van der Waals surface area contributed by atoms with Crippen LogP contribution in [-0.4, -0.2) is 60.9 Å². The number of amides is 2. The summed E-state index contributed by atoms with van der Waals surface area (Å²) in [7, 11) is 0. The Hall–Kier alpha value is -3.88. The van der Waals surface area contributed by atoms with Gasteiger partial charge in [-0.3, -0.25) is 19.8 Å². The van der Waals surface area contributed by atoms with Gasteiger partial charge in [0.1, 0.15) is 23.9 Å². The average Bonchev–Trinajstić information content (AvgIpc) is 2.91. The molecular weight excluding hydrogens is 567 g/mol. The third kappa shape index (κ3) is 9.06. The molecule has 2 heterocycles. The van der Waals surface area contributed by atoms with Gasteiger partial charge in [0.25, 0.3) is 5.91 Å². The Balaban J connectivity index is 0.000000587. The molecule has 0 bridgehead atoms. The summed E-state index contributed by atoms with van der Waals surface area (Å²) < 4.78 is 49.8. The van der Waals surface area contributed by atoms with Gasteiger partial charge in [0.05, 0.1) is 17.5 Å². The van der Waals surface area contributed by atoms with Gasteiger partial charge in [0.15, 0.2) is 0 Å². The lowest BCUT2D eigenvalue weighted by molar-refractivity contribution is -0.192. The molecule has 1 aliphatic rings. The number of aryl methyl sites for hydroxylation is 1. The highest BCUT2D eigenvalue weighted by atomic mass is 32.2. The summed E-state index contributed by atoms with van der Waals surface area (Å²) in [6, 6.07) is 16.6. The standard InChI is InChI=1S/C25H27N3O5S.C2HF3O2/c1-17-13-19(21-5-2-3-6-22(21)26-17)15-33-20-9-7-18(8-10-20)24(30)27-25(14-23(29)28-31)11-4-12-34(32)16-25;3-2(4,5)1(6)7/h2-3,5-10,13,31H,4,11-12,14-16H2,1H3,(H,27,30)(H,28,29);(H,6,7). The van der Waals surface area contributed by atoms with Crippen LogP contribution in [0.25, 0.3) is 10.9 Å². The van der Waals surface area contributed by atoms with Crippen LogP contribution in [0.3, 0.4) is 0 Å². The highest BCUT2D eigenvalue weighted by molar-refractivity contribution is 7.91. The molecule has 4 N–H and O–H groups in total. The Morgan fingerprint density at radius 3 is 2.41 bits per heavy atom. The van der Waals surface area contributed by atoms with Crippen LogP contribution >= 0.6 is 0 Å². The van der Waals surface area contributed by atoms with Crippen LogP contribution in [-0.2, 0) is 27.4 Å². The van der Waals surface area contributed by atoms with E-state index in [1.54, 1.807) is 29.7 Å². The van der Waals surface area contributed by atoms with E-state index < -0.39 is 34.8 Å². The predicted molar refractivity (Wildman–Crippen MR) is 143 cm³/mol. The average molecular weight is 596 g/mol. The van der Waals surface area contributed by atoms with Crippen LogP contribution in [0.2, 0.25) is 0 Å². The number of nitrogens with one attached hydrogen (secondary N) is 2. The van der Waals surface area contributed by atoms with Gasteiger partial charge >= 0.3 is 12.1 Å². The van der Waals surface area contributed by atoms with Crippen molar-refractivity contribution in [2.75, 3.05) is 11.5 Å². The van der Waals surface area contributed by atoms with Gasteiger partial charge < -0.3 is 19.7 Å². The summed E-state index contributed by atoms with van der Waals surface area (Å²) in [6.45, 7) is 2.31. The quantitative estimate of drug-likeness (QED) is 0.183. The third-order valence-electron chi connectivity index (χ3n) is 6.15. The highest BCUT2D eigenvalue weighted by Gasteiger charge is 2.42. The van der Waals surface area contributed by atoms with E-state index in [0.717, 1.165) is 22.2 Å². The lowest BCUT2D eigenvalue weighted by Crippen LogP contribution is -2.57. The van der Waals surface area contributed by atoms with Crippen molar-refractivity contribution in [3.05, 3.63) is 71.4 Å². The number of hydroxylamine groups is 1. The van der Waals surface area contributed by atoms with Gasteiger partial charge in [-0.15, -0.1) is 0 Å². The summed E-state index contributed by atoms with van der Waals surface area (Å²) in [4.78, 5) is 38.2. The van der Waals surface area contributed by atoms with Crippen molar-refractivity contribution in [2.45, 2.75) is 44.5 Å². The molecule has 1 aromatic heterocycles. The van der Waals surface area contributed by atoms with E-state index in [9.17, 15) is 27.3 Å². The summed E-state index contributed by atoms with van der Waals surface area (Å²) in [6.07, 6.45) is -4.08. The van der Waals surface area contributed by atoms with E-state index >= 15 is 0 Å². The molecule has 3 aromatic rings. The van der Waals surface area contributed by atoms with Crippen molar-refractivity contribution >= 4 is 39.9 Å². The van der Waals surface area contributed by atoms with Gasteiger partial charge in [0.2, 0.25) is 5.91 Å². The molecule has 220 valence electrons. The molecule has 1 fully saturated rings. The number of carboxylic acid groups (broad SMARTS) is 1. The lowest BCUT2D eigenvalue weighted by atomic mass is 9.90. The molecule has 41 heavy (non-hydrogen) atoms. The highest BCUT2D eigenvalue weighted by Crippen LogP contribution is 2.27. The molecule has 2 atom stereocenters. The van der Waals surface area contributed by atoms with Crippen LogP contribution in [0, 0.1) is 6.92 Å². The van der Waals surface area contributed by atoms with E-state index in [1.165, 1.54) is 0 Å². The minimum Gasteiger partial charge on any atom is -0.616 e. The molecule has 0 radical (unpaired) electrons. The maximum absolute atomic E-state index is 12.9. The Kier molecular flexibility index (Phi) is 10.5. The van der Waals surface area contributed by atoms with Crippen molar-refractivity contribution in [3.63, 3.8) is 0 Å². The number of nitrogens with zero attached hydrogens (tertiary/aromatic N) is 1. The van der Waals surface area contributed by atoms with Crippen molar-refractivity contribution in [3.8, 4) is 5.75 Å². The lowest BCUT2D eigenvalue weighted by Gasteiger charge is -2.37. The fraction of sp³-hybridized carbons (Fsp3) is 0.333. The van der Waals surface area contributed by atoms with Crippen molar-refractivity contribution in [2.24, 2.45) is 0 Å². The predicted octanol–water partition coefficient (Wildman–Crippen LogP) is 3.66. The first-order chi connectivity index (χ1) is 19.3. The summed E-state index contributed by atoms with van der Waals surface area (Å²) in [5, 5.41) is 20.0. The second-order valence-corrected chi connectivity index (χ2v) is 11.0. The number of aliphatic carboxylic acids is 1. The van der Waals surface area contributed by atoms with Crippen LogP contribution in [0.1, 0.15) is 40.9 Å². The SMILES string of the molecule is Cc1cc(COc2ccc(C(=O)NC3(CC(=O)NO)CCC[S+]([O-])C3)cc2)c2ccccc2n1.O=C(O)C(F)(F)F. The van der Waals surface area contributed by atoms with E-state index in [1.807, 2.05) is 37.3 Å². The summed E-state index contributed by atoms with van der Waals surface area (Å²) in [5.74, 6) is -2.42. The van der Waals surface area contributed by atoms with Crippen LogP contribution in [0.4, 0.5) is 13.2 Å². The van der Waals surface area contributed by atoms with E-state index in [-0.39, 0.29) is 18.1 Å². The van der Waals surface area contributed by atoms with Crippen LogP contribution in [0.5, 0.6) is 5.75 Å². The van der Waals surface area contributed by atoms with E-state index in [0.29, 0.717) is 36.5 Å². The maximum atomic E-state index is 12.9. The number of aromatic nitrogens is 1. The number of fused-ring (bicyclic) bond motifs is 1. The molecular formula is C27H28F3N3O7S. The van der Waals surface area contributed by atoms with Crippen molar-refractivity contribution < 1.29 is 47.2 Å². The Labute approximate surface area is 236 Å². The molecule has 4 rings (SSSR count). The Bertz CT molecular complexity index is 1390. The van der Waals surface area contributed by atoms with Gasteiger partial charge in [0, 0.05) is 22.2 Å². The molecule has 1 saturated heterocycles. The molecule has 2 unspecified atom stereocenters. The molecule has 1 aliphatic heterocycles. The van der Waals surface area contributed by atoms with Crippen LogP contribution < -0.4 is 15.5 Å². The molecule has 2 amide bonds. The zero-order chi connectivity index (χ0) is 30.2. The van der Waals surface area contributed by atoms with Gasteiger partial charge in [-0.05, 0) is 56.2 Å². The number of hydrogen-bond acceptors (Lipinski definition) is 7. The smallest absolute Gasteiger partial charge is 0.490 e. The zero-order valence-corrected chi connectivity index (χ0v) is 22.7. The van der Waals surface area contributed by atoms with Crippen LogP contribution in [0.15, 0.2) is 54.6 Å². The largest absolute Gasteiger partial charge is 0.616 e. The molecule has 10 nitrogen and oxygen atoms in total. The first-order valence-corrected chi connectivity index (χ1v) is 13.8. The van der Waals surface area contributed by atoms with Crippen molar-refractivity contribution in [1.82, 2.24) is 15.8 Å². The number of rotatable bonds is 7. The number of pyridine rings is 1. The topological polar surface area (TPSA) is 161 Å². The molecule has 0 saturated carbocycles. The maximum Gasteiger partial charge on any atom is 0.490 e. The summed E-state index contributed by atoms with van der Waals surface area (Å²) in [5.41, 5.74) is 3.91. The number of hydrogen-bond donors (Lipinski definition) is 4. The zero-order valence-electron chi connectivity index (χ0n) is 21.9. The molecule has 0 spiro atoms. The second-order valence-electron chi connectivity index (χ2n) is 9.39. The van der Waals surface area contributed by atoms with Gasteiger partial charge in [-0.25, -0.2) is 10.3 Å². The van der Waals surface area contributed by atoms with E-state index in [2.05, 4.69) is 10.3 Å². The molecule has 2 aromatic carbocycles. The summed E-state index contributed by atoms with van der Waals surface area (Å²) >= 11 is -1.14. The normalized spacial score (nSPS) is 18.5. The number of ether oxygens (including phenoxy) is 1. The minimum atomic E-state index is -5.08. The number of para-hydroxylation sites is 1. The van der Waals surface area contributed by atoms with E-state index in [4.69, 9.17) is 19.8 Å². The number of carboxylic acids is 1. The number of alkyl halides is 3.